The summed E-state index contributed by atoms with van der Waals surface area (Å²) in [5.74, 6) is -1.79. The SMILES string of the molecule is C[C@@](O)(C(=O)Nc1ccc(S(=O)(=O)c2ccc3c(c2)=NC(=O)N=3)cc1Cl)C(F)(F)F. The van der Waals surface area contributed by atoms with Crippen LogP contribution < -0.4 is 16.0 Å². The highest BCUT2D eigenvalue weighted by Gasteiger charge is 2.55. The first-order chi connectivity index (χ1) is 13.7. The van der Waals surface area contributed by atoms with Crippen molar-refractivity contribution in [3.63, 3.8) is 0 Å². The molecule has 0 saturated heterocycles. The van der Waals surface area contributed by atoms with E-state index in [1.165, 1.54) is 12.1 Å². The first kappa shape index (κ1) is 21.9. The Bertz CT molecular complexity index is 1310. The zero-order valence-corrected chi connectivity index (χ0v) is 16.4. The lowest BCUT2D eigenvalue weighted by atomic mass is 10.1. The summed E-state index contributed by atoms with van der Waals surface area (Å²) in [7, 11) is -4.14. The van der Waals surface area contributed by atoms with Crippen LogP contribution >= 0.6 is 11.6 Å². The molecule has 0 fully saturated rings. The molecule has 0 unspecified atom stereocenters. The maximum atomic E-state index is 12.8. The van der Waals surface area contributed by atoms with Crippen LogP contribution in [0.1, 0.15) is 6.92 Å². The number of urea groups is 1. The summed E-state index contributed by atoms with van der Waals surface area (Å²) in [6, 6.07) is 5.80. The molecule has 158 valence electrons. The smallest absolute Gasteiger partial charge is 0.373 e. The molecule has 3 amide bonds. The predicted molar refractivity (Wildman–Crippen MR) is 96.4 cm³/mol. The fourth-order valence-corrected chi connectivity index (χ4v) is 3.96. The number of halogens is 4. The number of amides is 3. The molecule has 1 atom stereocenters. The largest absolute Gasteiger partial charge is 0.426 e. The molecule has 3 rings (SSSR count). The van der Waals surface area contributed by atoms with Crippen molar-refractivity contribution in [3.05, 3.63) is 52.1 Å². The minimum atomic E-state index is -5.24. The summed E-state index contributed by atoms with van der Waals surface area (Å²) < 4.78 is 63.9. The molecule has 1 aliphatic heterocycles. The molecule has 0 aromatic heterocycles. The number of nitrogens with zero attached hydrogens (tertiary/aromatic N) is 2. The number of carbonyl (C=O) groups is 2. The summed E-state index contributed by atoms with van der Waals surface area (Å²) >= 11 is 5.92. The number of nitrogens with one attached hydrogen (secondary N) is 1. The lowest BCUT2D eigenvalue weighted by Crippen LogP contribution is -2.52. The third-order valence-corrected chi connectivity index (χ3v) is 6.24. The normalized spacial score (nSPS) is 15.6. The Morgan fingerprint density at radius 3 is 2.23 bits per heavy atom. The van der Waals surface area contributed by atoms with Crippen LogP contribution in [0.25, 0.3) is 0 Å². The van der Waals surface area contributed by atoms with Gasteiger partial charge in [-0.25, -0.2) is 13.2 Å². The van der Waals surface area contributed by atoms with E-state index in [0.717, 1.165) is 24.3 Å². The first-order valence-electron chi connectivity index (χ1n) is 8.00. The third kappa shape index (κ3) is 3.80. The molecule has 0 bridgehead atoms. The number of alkyl halides is 3. The van der Waals surface area contributed by atoms with E-state index in [4.69, 9.17) is 11.6 Å². The van der Waals surface area contributed by atoms with E-state index < -0.39 is 33.6 Å². The molecule has 0 saturated carbocycles. The van der Waals surface area contributed by atoms with Crippen LogP contribution in [0.2, 0.25) is 5.02 Å². The van der Waals surface area contributed by atoms with Crippen molar-refractivity contribution in [1.29, 1.82) is 0 Å². The molecular weight excluding hydrogens is 451 g/mol. The van der Waals surface area contributed by atoms with Crippen molar-refractivity contribution in [2.75, 3.05) is 5.32 Å². The van der Waals surface area contributed by atoms with E-state index in [1.807, 2.05) is 5.32 Å². The Morgan fingerprint density at radius 1 is 1.07 bits per heavy atom. The van der Waals surface area contributed by atoms with Crippen LogP contribution in [0.4, 0.5) is 23.7 Å². The Balaban J connectivity index is 1.93. The quantitative estimate of drug-likeness (QED) is 0.718. The van der Waals surface area contributed by atoms with Crippen LogP contribution in [0.5, 0.6) is 0 Å². The van der Waals surface area contributed by atoms with Crippen LogP contribution in [0, 0.1) is 0 Å². The Kier molecular flexibility index (Phi) is 5.21. The second kappa shape index (κ2) is 7.15. The summed E-state index contributed by atoms with van der Waals surface area (Å²) in [6.45, 7) is 0.269. The Morgan fingerprint density at radius 2 is 1.63 bits per heavy atom. The second-order valence-electron chi connectivity index (χ2n) is 6.33. The molecule has 2 aromatic rings. The second-order valence-corrected chi connectivity index (χ2v) is 8.68. The van der Waals surface area contributed by atoms with Gasteiger partial charge in [-0.15, -0.1) is 0 Å². The number of fused-ring (bicyclic) bond motifs is 1. The van der Waals surface area contributed by atoms with E-state index >= 15 is 0 Å². The van der Waals surface area contributed by atoms with E-state index in [2.05, 4.69) is 9.98 Å². The van der Waals surface area contributed by atoms with Crippen molar-refractivity contribution >= 4 is 39.1 Å². The number of rotatable bonds is 4. The van der Waals surface area contributed by atoms with Gasteiger partial charge in [-0.2, -0.15) is 23.2 Å². The molecule has 2 N–H and O–H groups in total. The van der Waals surface area contributed by atoms with Crippen molar-refractivity contribution in [3.8, 4) is 0 Å². The number of hydrogen-bond acceptors (Lipinski definition) is 5. The number of anilines is 1. The third-order valence-electron chi connectivity index (χ3n) is 4.18. The molecule has 13 heteroatoms. The van der Waals surface area contributed by atoms with Gasteiger partial charge in [-0.3, -0.25) is 4.79 Å². The van der Waals surface area contributed by atoms with Gasteiger partial charge >= 0.3 is 12.2 Å². The molecule has 30 heavy (non-hydrogen) atoms. The van der Waals surface area contributed by atoms with Crippen LogP contribution in [-0.2, 0) is 14.6 Å². The lowest BCUT2D eigenvalue weighted by Gasteiger charge is -2.25. The van der Waals surface area contributed by atoms with Gasteiger partial charge in [0.25, 0.3) is 5.91 Å². The van der Waals surface area contributed by atoms with E-state index in [1.54, 1.807) is 0 Å². The van der Waals surface area contributed by atoms with E-state index in [-0.39, 0.29) is 38.1 Å². The first-order valence-corrected chi connectivity index (χ1v) is 9.86. The van der Waals surface area contributed by atoms with Crippen LogP contribution in [0.15, 0.2) is 56.2 Å². The van der Waals surface area contributed by atoms with Crippen LogP contribution in [-0.4, -0.2) is 37.2 Å². The van der Waals surface area contributed by atoms with Crippen molar-refractivity contribution < 1.29 is 36.3 Å². The minimum absolute atomic E-state index is 0.0745. The standard InChI is InChI=1S/C17H11ClF3N3O5S/c1-16(27,17(19,20)21)14(25)22-11-4-2-8(6-10(11)18)30(28,29)9-3-5-12-13(7-9)24-15(26)23-12/h2-7,27H,1H3,(H,22,25)/t16-/m1/s1. The topological polar surface area (TPSA) is 125 Å². The van der Waals surface area contributed by atoms with Gasteiger partial charge in [0, 0.05) is 0 Å². The molecular formula is C17H11ClF3N3O5S. The van der Waals surface area contributed by atoms with Crippen molar-refractivity contribution in [2.45, 2.75) is 28.5 Å². The highest BCUT2D eigenvalue weighted by atomic mass is 35.5. The van der Waals surface area contributed by atoms with Crippen LogP contribution in [0.3, 0.4) is 0 Å². The average Bonchev–Trinajstić information content (AvgIpc) is 3.01. The molecule has 0 spiro atoms. The van der Waals surface area contributed by atoms with Gasteiger partial charge in [0.05, 0.1) is 31.2 Å². The fraction of sp³-hybridized carbons (Fsp3) is 0.176. The van der Waals surface area contributed by atoms with Gasteiger partial charge in [0.2, 0.25) is 15.4 Å². The average molecular weight is 462 g/mol. The lowest BCUT2D eigenvalue weighted by molar-refractivity contribution is -0.242. The molecule has 2 aromatic carbocycles. The maximum absolute atomic E-state index is 12.8. The molecule has 0 radical (unpaired) electrons. The van der Waals surface area contributed by atoms with Gasteiger partial charge in [-0.05, 0) is 43.3 Å². The predicted octanol–water partition coefficient (Wildman–Crippen LogP) is 1.80. The summed E-state index contributed by atoms with van der Waals surface area (Å²) in [5, 5.41) is 11.1. The molecule has 8 nitrogen and oxygen atoms in total. The van der Waals surface area contributed by atoms with E-state index in [9.17, 15) is 36.3 Å². The number of hydrogen-bond donors (Lipinski definition) is 2. The Labute approximate surface area is 171 Å². The highest BCUT2D eigenvalue weighted by molar-refractivity contribution is 7.91. The summed E-state index contributed by atoms with van der Waals surface area (Å²) in [4.78, 5) is 29.6. The van der Waals surface area contributed by atoms with Gasteiger partial charge in [0.15, 0.2) is 0 Å². The number of aliphatic hydroxyl groups is 1. The number of carbonyl (C=O) groups excluding carboxylic acids is 2. The van der Waals surface area contributed by atoms with Crippen molar-refractivity contribution in [2.24, 2.45) is 9.98 Å². The minimum Gasteiger partial charge on any atom is -0.373 e. The van der Waals surface area contributed by atoms with E-state index in [0.29, 0.717) is 0 Å². The monoisotopic (exact) mass is 461 g/mol. The zero-order chi connectivity index (χ0) is 22.5. The summed E-state index contributed by atoms with van der Waals surface area (Å²) in [6.07, 6.45) is -5.24. The molecule has 1 aliphatic rings. The fourth-order valence-electron chi connectivity index (χ4n) is 2.36. The summed E-state index contributed by atoms with van der Waals surface area (Å²) in [5.41, 5.74) is -4.02. The number of sulfone groups is 1. The zero-order valence-electron chi connectivity index (χ0n) is 14.9. The van der Waals surface area contributed by atoms with Gasteiger partial charge in [0.1, 0.15) is 0 Å². The molecule has 1 heterocycles. The highest BCUT2D eigenvalue weighted by Crippen LogP contribution is 2.33. The van der Waals surface area contributed by atoms with Gasteiger partial charge in [-0.1, -0.05) is 11.6 Å². The number of benzene rings is 2. The van der Waals surface area contributed by atoms with Crippen molar-refractivity contribution in [1.82, 2.24) is 0 Å². The molecule has 0 aliphatic carbocycles. The maximum Gasteiger partial charge on any atom is 0.426 e. The Hall–Kier alpha value is -2.83. The van der Waals surface area contributed by atoms with Gasteiger partial charge < -0.3 is 10.4 Å².